The van der Waals surface area contributed by atoms with E-state index in [1.807, 2.05) is 6.07 Å². The van der Waals surface area contributed by atoms with Crippen LogP contribution in [0.5, 0.6) is 0 Å². The van der Waals surface area contributed by atoms with Gasteiger partial charge in [-0.3, -0.25) is 4.79 Å². The first-order valence-electron chi connectivity index (χ1n) is 7.41. The highest BCUT2D eigenvalue weighted by molar-refractivity contribution is 7.89. The van der Waals surface area contributed by atoms with Gasteiger partial charge in [0.2, 0.25) is 15.9 Å². The van der Waals surface area contributed by atoms with Crippen molar-refractivity contribution in [3.63, 3.8) is 0 Å². The topological polar surface area (TPSA) is 66.5 Å². The van der Waals surface area contributed by atoms with E-state index >= 15 is 0 Å². The number of hydrogen-bond donors (Lipinski definition) is 1. The lowest BCUT2D eigenvalue weighted by molar-refractivity contribution is -0.126. The van der Waals surface area contributed by atoms with Crippen LogP contribution in [-0.4, -0.2) is 37.8 Å². The number of sulfonamides is 1. The van der Waals surface area contributed by atoms with Gasteiger partial charge in [0.15, 0.2) is 0 Å². The van der Waals surface area contributed by atoms with Gasteiger partial charge in [-0.25, -0.2) is 8.42 Å². The Kier molecular flexibility index (Phi) is 3.75. The number of rotatable bonds is 2. The van der Waals surface area contributed by atoms with E-state index in [0.717, 1.165) is 24.8 Å². The Morgan fingerprint density at radius 1 is 1.19 bits per heavy atom. The average Bonchev–Trinajstić information content (AvgIpc) is 2.49. The van der Waals surface area contributed by atoms with Crippen LogP contribution in [0.15, 0.2) is 23.1 Å². The summed E-state index contributed by atoms with van der Waals surface area (Å²) in [6.07, 6.45) is 4.24. The molecule has 0 aromatic heterocycles. The predicted molar refractivity (Wildman–Crippen MR) is 79.4 cm³/mol. The molecular weight excluding hydrogens is 288 g/mol. The van der Waals surface area contributed by atoms with Crippen molar-refractivity contribution >= 4 is 15.9 Å². The highest BCUT2D eigenvalue weighted by atomic mass is 32.2. The molecule has 1 heterocycles. The number of carbonyl (C=O) groups excluding carboxylic acids is 1. The Morgan fingerprint density at radius 3 is 2.67 bits per heavy atom. The lowest BCUT2D eigenvalue weighted by Crippen LogP contribution is -2.55. The minimum atomic E-state index is -3.61. The number of benzene rings is 1. The van der Waals surface area contributed by atoms with Crippen LogP contribution in [-0.2, 0) is 27.7 Å². The summed E-state index contributed by atoms with van der Waals surface area (Å²) in [6, 6.07) is 4.75. The predicted octanol–water partition coefficient (Wildman–Crippen LogP) is 1.07. The molecule has 1 aromatic rings. The SMILES string of the molecule is CC1C(=O)NCCN1S(=O)(=O)c1ccc2c(c1)CCCC2. The summed E-state index contributed by atoms with van der Waals surface area (Å²) in [5.74, 6) is -0.234. The second-order valence-electron chi connectivity index (χ2n) is 5.72. The molecule has 1 aliphatic heterocycles. The molecule has 1 saturated heterocycles. The summed E-state index contributed by atoms with van der Waals surface area (Å²) in [5.41, 5.74) is 2.39. The van der Waals surface area contributed by atoms with Crippen molar-refractivity contribution in [2.75, 3.05) is 13.1 Å². The molecule has 0 radical (unpaired) electrons. The zero-order valence-electron chi connectivity index (χ0n) is 12.1. The van der Waals surface area contributed by atoms with Crippen LogP contribution in [0.3, 0.4) is 0 Å². The fraction of sp³-hybridized carbons (Fsp3) is 0.533. The molecule has 1 aliphatic carbocycles. The fourth-order valence-electron chi connectivity index (χ4n) is 3.10. The minimum absolute atomic E-state index is 0.234. The molecule has 114 valence electrons. The first-order chi connectivity index (χ1) is 10.00. The second kappa shape index (κ2) is 5.42. The van der Waals surface area contributed by atoms with Crippen LogP contribution in [0.1, 0.15) is 30.9 Å². The first-order valence-corrected chi connectivity index (χ1v) is 8.85. The molecule has 1 amide bonds. The highest BCUT2D eigenvalue weighted by Gasteiger charge is 2.35. The maximum Gasteiger partial charge on any atom is 0.243 e. The lowest BCUT2D eigenvalue weighted by atomic mass is 9.92. The largest absolute Gasteiger partial charge is 0.353 e. The van der Waals surface area contributed by atoms with Gasteiger partial charge in [0.05, 0.1) is 4.90 Å². The third-order valence-electron chi connectivity index (χ3n) is 4.37. The molecule has 1 N–H and O–H groups in total. The number of aryl methyl sites for hydroxylation is 2. The summed E-state index contributed by atoms with van der Waals surface area (Å²) in [5, 5.41) is 2.69. The van der Waals surface area contributed by atoms with Gasteiger partial charge >= 0.3 is 0 Å². The number of nitrogens with zero attached hydrogens (tertiary/aromatic N) is 1. The normalized spacial score (nSPS) is 23.5. The van der Waals surface area contributed by atoms with Crippen molar-refractivity contribution in [2.45, 2.75) is 43.5 Å². The molecule has 6 heteroatoms. The van der Waals surface area contributed by atoms with E-state index in [2.05, 4.69) is 5.32 Å². The van der Waals surface area contributed by atoms with Gasteiger partial charge in [0.1, 0.15) is 6.04 Å². The number of piperazine rings is 1. The van der Waals surface area contributed by atoms with Crippen LogP contribution < -0.4 is 5.32 Å². The van der Waals surface area contributed by atoms with Crippen LogP contribution in [0.2, 0.25) is 0 Å². The zero-order chi connectivity index (χ0) is 15.0. The Hall–Kier alpha value is -1.40. The second-order valence-corrected chi connectivity index (χ2v) is 7.61. The molecular formula is C15H20N2O3S. The lowest BCUT2D eigenvalue weighted by Gasteiger charge is -2.32. The Bertz CT molecular complexity index is 669. The molecule has 1 unspecified atom stereocenters. The van der Waals surface area contributed by atoms with Crippen molar-refractivity contribution in [3.05, 3.63) is 29.3 Å². The summed E-state index contributed by atoms with van der Waals surface area (Å²) in [4.78, 5) is 12.0. The summed E-state index contributed by atoms with van der Waals surface area (Å²) in [6.45, 7) is 2.32. The Labute approximate surface area is 125 Å². The number of fused-ring (bicyclic) bond motifs is 1. The van der Waals surface area contributed by atoms with E-state index in [1.54, 1.807) is 19.1 Å². The molecule has 1 atom stereocenters. The van der Waals surface area contributed by atoms with Crippen LogP contribution in [0, 0.1) is 0 Å². The molecule has 2 aliphatic rings. The van der Waals surface area contributed by atoms with E-state index in [0.29, 0.717) is 18.0 Å². The average molecular weight is 308 g/mol. The Morgan fingerprint density at radius 2 is 1.90 bits per heavy atom. The van der Waals surface area contributed by atoms with Gasteiger partial charge < -0.3 is 5.32 Å². The summed E-state index contributed by atoms with van der Waals surface area (Å²) < 4.78 is 26.9. The van der Waals surface area contributed by atoms with E-state index in [9.17, 15) is 13.2 Å². The van der Waals surface area contributed by atoms with E-state index < -0.39 is 16.1 Å². The number of carbonyl (C=O) groups is 1. The number of hydrogen-bond acceptors (Lipinski definition) is 3. The number of amides is 1. The zero-order valence-corrected chi connectivity index (χ0v) is 12.9. The molecule has 0 bridgehead atoms. The third-order valence-corrected chi connectivity index (χ3v) is 6.34. The fourth-order valence-corrected chi connectivity index (χ4v) is 4.74. The minimum Gasteiger partial charge on any atom is -0.353 e. The molecule has 1 aromatic carbocycles. The molecule has 0 saturated carbocycles. The maximum atomic E-state index is 12.8. The van der Waals surface area contributed by atoms with Gasteiger partial charge in [-0.2, -0.15) is 4.31 Å². The third kappa shape index (κ3) is 2.58. The van der Waals surface area contributed by atoms with Crippen molar-refractivity contribution in [3.8, 4) is 0 Å². The molecule has 21 heavy (non-hydrogen) atoms. The molecule has 1 fully saturated rings. The molecule has 5 nitrogen and oxygen atoms in total. The monoisotopic (exact) mass is 308 g/mol. The Balaban J connectivity index is 1.96. The molecule has 3 rings (SSSR count). The standard InChI is InChI=1S/C15H20N2O3S/c1-11-15(18)16-8-9-17(11)21(19,20)14-7-6-12-4-2-3-5-13(12)10-14/h6-7,10-11H,2-5,8-9H2,1H3,(H,16,18). The number of nitrogens with one attached hydrogen (secondary N) is 1. The van der Waals surface area contributed by atoms with Crippen LogP contribution in [0.4, 0.5) is 0 Å². The van der Waals surface area contributed by atoms with Gasteiger partial charge in [-0.1, -0.05) is 6.07 Å². The summed E-state index contributed by atoms with van der Waals surface area (Å²) in [7, 11) is -3.61. The molecule has 0 spiro atoms. The van der Waals surface area contributed by atoms with Crippen LogP contribution in [0.25, 0.3) is 0 Å². The van der Waals surface area contributed by atoms with Gasteiger partial charge in [0, 0.05) is 13.1 Å². The maximum absolute atomic E-state index is 12.8. The van der Waals surface area contributed by atoms with Gasteiger partial charge in [0.25, 0.3) is 0 Å². The van der Waals surface area contributed by atoms with Crippen molar-refractivity contribution in [2.24, 2.45) is 0 Å². The van der Waals surface area contributed by atoms with Crippen molar-refractivity contribution in [1.29, 1.82) is 0 Å². The highest BCUT2D eigenvalue weighted by Crippen LogP contribution is 2.26. The van der Waals surface area contributed by atoms with Gasteiger partial charge in [-0.15, -0.1) is 0 Å². The first kappa shape index (κ1) is 14.5. The van der Waals surface area contributed by atoms with Crippen LogP contribution >= 0.6 is 0 Å². The van der Waals surface area contributed by atoms with E-state index in [4.69, 9.17) is 0 Å². The quantitative estimate of drug-likeness (QED) is 0.889. The van der Waals surface area contributed by atoms with E-state index in [-0.39, 0.29) is 5.91 Å². The van der Waals surface area contributed by atoms with E-state index in [1.165, 1.54) is 16.3 Å². The summed E-state index contributed by atoms with van der Waals surface area (Å²) >= 11 is 0. The van der Waals surface area contributed by atoms with Crippen molar-refractivity contribution in [1.82, 2.24) is 9.62 Å². The smallest absolute Gasteiger partial charge is 0.243 e. The van der Waals surface area contributed by atoms with Crippen molar-refractivity contribution < 1.29 is 13.2 Å². The van der Waals surface area contributed by atoms with Gasteiger partial charge in [-0.05, 0) is 55.9 Å².